The molecule has 0 aliphatic heterocycles. The van der Waals surface area contributed by atoms with Crippen LogP contribution in [0.5, 0.6) is 0 Å². The molecule has 1 heterocycles. The third-order valence-corrected chi connectivity index (χ3v) is 4.35. The van der Waals surface area contributed by atoms with Crippen molar-refractivity contribution in [3.05, 3.63) is 28.2 Å². The van der Waals surface area contributed by atoms with Gasteiger partial charge in [-0.2, -0.15) is 0 Å². The molecule has 0 atom stereocenters. The number of hydrogen-bond donors (Lipinski definition) is 1. The molecule has 0 fully saturated rings. The zero-order valence-electron chi connectivity index (χ0n) is 8.75. The average molecular weight is 241 g/mol. The number of rotatable bonds is 2. The molecule has 4 heteroatoms. The molecule has 0 unspecified atom stereocenters. The van der Waals surface area contributed by atoms with Crippen LogP contribution in [-0.2, 0) is 5.41 Å². The quantitative estimate of drug-likeness (QED) is 0.876. The summed E-state index contributed by atoms with van der Waals surface area (Å²) in [6, 6.07) is 5.79. The molecule has 0 saturated heterocycles. The number of nitrogens with zero attached hydrogens (tertiary/aromatic N) is 1. The minimum Gasteiger partial charge on any atom is -0.330 e. The second-order valence-corrected chi connectivity index (χ2v) is 5.60. The zero-order valence-corrected chi connectivity index (χ0v) is 10.3. The van der Waals surface area contributed by atoms with Gasteiger partial charge in [0.1, 0.15) is 5.01 Å². The van der Waals surface area contributed by atoms with Crippen molar-refractivity contribution in [1.82, 2.24) is 4.98 Å². The van der Waals surface area contributed by atoms with Crippen LogP contribution in [0.2, 0.25) is 5.02 Å². The van der Waals surface area contributed by atoms with Crippen LogP contribution in [0, 0.1) is 0 Å². The van der Waals surface area contributed by atoms with Gasteiger partial charge in [-0.3, -0.25) is 0 Å². The van der Waals surface area contributed by atoms with Crippen LogP contribution in [0.3, 0.4) is 0 Å². The first-order valence-electron chi connectivity index (χ1n) is 4.80. The Morgan fingerprint density at radius 2 is 2.20 bits per heavy atom. The zero-order chi connectivity index (χ0) is 11.1. The van der Waals surface area contributed by atoms with Gasteiger partial charge in [0.15, 0.2) is 0 Å². The summed E-state index contributed by atoms with van der Waals surface area (Å²) in [7, 11) is 0. The summed E-state index contributed by atoms with van der Waals surface area (Å²) in [6.45, 7) is 4.78. The van der Waals surface area contributed by atoms with Gasteiger partial charge in [-0.25, -0.2) is 4.98 Å². The van der Waals surface area contributed by atoms with Gasteiger partial charge in [0, 0.05) is 12.0 Å². The van der Waals surface area contributed by atoms with Crippen molar-refractivity contribution in [1.29, 1.82) is 0 Å². The van der Waals surface area contributed by atoms with Gasteiger partial charge in [0.2, 0.25) is 0 Å². The predicted molar refractivity (Wildman–Crippen MR) is 66.7 cm³/mol. The van der Waals surface area contributed by atoms with E-state index >= 15 is 0 Å². The highest BCUT2D eigenvalue weighted by molar-refractivity contribution is 7.19. The molecular weight excluding hydrogens is 228 g/mol. The smallest absolute Gasteiger partial charge is 0.101 e. The summed E-state index contributed by atoms with van der Waals surface area (Å²) in [5.41, 5.74) is 6.62. The van der Waals surface area contributed by atoms with Gasteiger partial charge in [0.25, 0.3) is 0 Å². The SMILES string of the molecule is CC(C)(CN)c1nc2cccc(Cl)c2s1. The van der Waals surface area contributed by atoms with E-state index in [1.165, 1.54) is 0 Å². The highest BCUT2D eigenvalue weighted by atomic mass is 35.5. The third-order valence-electron chi connectivity index (χ3n) is 2.46. The van der Waals surface area contributed by atoms with Crippen LogP contribution in [-0.4, -0.2) is 11.5 Å². The monoisotopic (exact) mass is 240 g/mol. The average Bonchev–Trinajstić information content (AvgIpc) is 2.64. The first-order chi connectivity index (χ1) is 7.04. The molecule has 0 amide bonds. The molecular formula is C11H13ClN2S. The molecule has 80 valence electrons. The Bertz CT molecular complexity index is 490. The maximum atomic E-state index is 6.10. The lowest BCUT2D eigenvalue weighted by molar-refractivity contribution is 0.536. The summed E-state index contributed by atoms with van der Waals surface area (Å²) in [5.74, 6) is 0. The Labute approximate surface area is 98.1 Å². The second kappa shape index (κ2) is 3.74. The summed E-state index contributed by atoms with van der Waals surface area (Å²) >= 11 is 7.74. The van der Waals surface area contributed by atoms with Gasteiger partial charge in [0.05, 0.1) is 15.2 Å². The fourth-order valence-electron chi connectivity index (χ4n) is 1.29. The highest BCUT2D eigenvalue weighted by Gasteiger charge is 2.23. The molecule has 15 heavy (non-hydrogen) atoms. The van der Waals surface area contributed by atoms with E-state index in [1.54, 1.807) is 11.3 Å². The van der Waals surface area contributed by atoms with Crippen molar-refractivity contribution in [2.24, 2.45) is 5.73 Å². The van der Waals surface area contributed by atoms with Gasteiger partial charge in [-0.05, 0) is 12.1 Å². The van der Waals surface area contributed by atoms with Crippen molar-refractivity contribution in [3.8, 4) is 0 Å². The highest BCUT2D eigenvalue weighted by Crippen LogP contribution is 2.34. The standard InChI is InChI=1S/C11H13ClN2S/c1-11(2,6-13)10-14-8-5-3-4-7(12)9(8)15-10/h3-5H,6,13H2,1-2H3. The van der Waals surface area contributed by atoms with Crippen LogP contribution in [0.25, 0.3) is 10.2 Å². The molecule has 0 saturated carbocycles. The molecule has 1 aromatic heterocycles. The van der Waals surface area contributed by atoms with E-state index in [1.807, 2.05) is 18.2 Å². The fourth-order valence-corrected chi connectivity index (χ4v) is 2.66. The van der Waals surface area contributed by atoms with Crippen molar-refractivity contribution in [2.75, 3.05) is 6.54 Å². The molecule has 2 nitrogen and oxygen atoms in total. The van der Waals surface area contributed by atoms with Crippen molar-refractivity contribution >= 4 is 33.2 Å². The maximum Gasteiger partial charge on any atom is 0.101 e. The van der Waals surface area contributed by atoms with E-state index < -0.39 is 0 Å². The van der Waals surface area contributed by atoms with E-state index in [-0.39, 0.29) is 5.41 Å². The van der Waals surface area contributed by atoms with Crippen LogP contribution in [0.4, 0.5) is 0 Å². The minimum atomic E-state index is -0.0764. The number of thiazole rings is 1. The molecule has 1 aromatic carbocycles. The topological polar surface area (TPSA) is 38.9 Å². The number of nitrogens with two attached hydrogens (primary N) is 1. The Hall–Kier alpha value is -0.640. The number of hydrogen-bond acceptors (Lipinski definition) is 3. The largest absolute Gasteiger partial charge is 0.330 e. The Kier molecular flexibility index (Phi) is 2.71. The predicted octanol–water partition coefficient (Wildman–Crippen LogP) is 3.19. The van der Waals surface area contributed by atoms with E-state index in [0.717, 1.165) is 20.2 Å². The van der Waals surface area contributed by atoms with Crippen LogP contribution < -0.4 is 5.73 Å². The van der Waals surface area contributed by atoms with Crippen LogP contribution >= 0.6 is 22.9 Å². The van der Waals surface area contributed by atoms with Gasteiger partial charge in [-0.1, -0.05) is 31.5 Å². The lowest BCUT2D eigenvalue weighted by Crippen LogP contribution is -2.27. The molecule has 0 aliphatic rings. The minimum absolute atomic E-state index is 0.0764. The van der Waals surface area contributed by atoms with Gasteiger partial charge in [-0.15, -0.1) is 11.3 Å². The van der Waals surface area contributed by atoms with Crippen molar-refractivity contribution in [2.45, 2.75) is 19.3 Å². The lowest BCUT2D eigenvalue weighted by Gasteiger charge is -2.18. The van der Waals surface area contributed by atoms with E-state index in [0.29, 0.717) is 6.54 Å². The number of benzene rings is 1. The van der Waals surface area contributed by atoms with Crippen LogP contribution in [0.1, 0.15) is 18.9 Å². The Morgan fingerprint density at radius 1 is 1.47 bits per heavy atom. The molecule has 0 aliphatic carbocycles. The maximum absolute atomic E-state index is 6.10. The molecule has 0 bridgehead atoms. The number of aromatic nitrogens is 1. The summed E-state index contributed by atoms with van der Waals surface area (Å²) in [4.78, 5) is 4.57. The molecule has 0 radical (unpaired) electrons. The lowest BCUT2D eigenvalue weighted by atomic mass is 9.95. The van der Waals surface area contributed by atoms with Gasteiger partial charge < -0.3 is 5.73 Å². The Morgan fingerprint density at radius 3 is 2.80 bits per heavy atom. The third kappa shape index (κ3) is 1.87. The summed E-state index contributed by atoms with van der Waals surface area (Å²) < 4.78 is 1.05. The Balaban J connectivity index is 2.62. The van der Waals surface area contributed by atoms with Gasteiger partial charge >= 0.3 is 0 Å². The molecule has 2 aromatic rings. The molecule has 2 N–H and O–H groups in total. The summed E-state index contributed by atoms with van der Waals surface area (Å²) in [5, 5.41) is 1.82. The van der Waals surface area contributed by atoms with Crippen molar-refractivity contribution in [3.63, 3.8) is 0 Å². The molecule has 0 spiro atoms. The summed E-state index contributed by atoms with van der Waals surface area (Å²) in [6.07, 6.45) is 0. The normalized spacial score (nSPS) is 12.3. The number of halogens is 1. The van der Waals surface area contributed by atoms with Crippen LogP contribution in [0.15, 0.2) is 18.2 Å². The first kappa shape index (κ1) is 10.9. The van der Waals surface area contributed by atoms with E-state index in [9.17, 15) is 0 Å². The van der Waals surface area contributed by atoms with Crippen molar-refractivity contribution < 1.29 is 0 Å². The fraction of sp³-hybridized carbons (Fsp3) is 0.364. The second-order valence-electron chi connectivity index (χ2n) is 4.20. The number of fused-ring (bicyclic) bond motifs is 1. The van der Waals surface area contributed by atoms with E-state index in [2.05, 4.69) is 18.8 Å². The first-order valence-corrected chi connectivity index (χ1v) is 5.99. The van der Waals surface area contributed by atoms with E-state index in [4.69, 9.17) is 17.3 Å². The molecule has 2 rings (SSSR count).